The van der Waals surface area contributed by atoms with Gasteiger partial charge < -0.3 is 15.2 Å². The van der Waals surface area contributed by atoms with Gasteiger partial charge in [-0.2, -0.15) is 0 Å². The lowest BCUT2D eigenvalue weighted by Gasteiger charge is -2.10. The SMILES string of the molecule is CC(CO)CNC(=O)COc1cccc(F)c1. The molecule has 0 aliphatic rings. The molecule has 17 heavy (non-hydrogen) atoms. The van der Waals surface area contributed by atoms with Crippen LogP contribution < -0.4 is 10.1 Å². The van der Waals surface area contributed by atoms with Gasteiger partial charge in [0.25, 0.3) is 5.91 Å². The van der Waals surface area contributed by atoms with E-state index in [2.05, 4.69) is 5.32 Å². The third kappa shape index (κ3) is 5.31. The molecular formula is C12H16FNO3. The van der Waals surface area contributed by atoms with Gasteiger partial charge in [-0.15, -0.1) is 0 Å². The Balaban J connectivity index is 2.28. The first-order chi connectivity index (χ1) is 8.11. The average molecular weight is 241 g/mol. The summed E-state index contributed by atoms with van der Waals surface area (Å²) in [6.45, 7) is 2.06. The number of hydrogen-bond donors (Lipinski definition) is 2. The lowest BCUT2D eigenvalue weighted by Crippen LogP contribution is -2.33. The van der Waals surface area contributed by atoms with Gasteiger partial charge >= 0.3 is 0 Å². The molecule has 0 saturated heterocycles. The van der Waals surface area contributed by atoms with E-state index in [1.807, 2.05) is 6.92 Å². The highest BCUT2D eigenvalue weighted by molar-refractivity contribution is 5.77. The predicted octanol–water partition coefficient (Wildman–Crippen LogP) is 0.949. The number of rotatable bonds is 6. The third-order valence-corrected chi connectivity index (χ3v) is 2.13. The predicted molar refractivity (Wildman–Crippen MR) is 61.2 cm³/mol. The quantitative estimate of drug-likeness (QED) is 0.779. The molecule has 1 rings (SSSR count). The van der Waals surface area contributed by atoms with Crippen molar-refractivity contribution in [2.45, 2.75) is 6.92 Å². The van der Waals surface area contributed by atoms with Gasteiger partial charge in [-0.05, 0) is 18.1 Å². The normalized spacial score (nSPS) is 11.9. The number of ether oxygens (including phenoxy) is 1. The summed E-state index contributed by atoms with van der Waals surface area (Å²) in [5.41, 5.74) is 0. The average Bonchev–Trinajstić information content (AvgIpc) is 2.33. The van der Waals surface area contributed by atoms with Crippen LogP contribution in [0.3, 0.4) is 0 Å². The Morgan fingerprint density at radius 3 is 3.00 bits per heavy atom. The van der Waals surface area contributed by atoms with Crippen molar-refractivity contribution in [2.75, 3.05) is 19.8 Å². The monoisotopic (exact) mass is 241 g/mol. The molecule has 2 N–H and O–H groups in total. The number of carbonyl (C=O) groups excluding carboxylic acids is 1. The van der Waals surface area contributed by atoms with Crippen LogP contribution in [0.15, 0.2) is 24.3 Å². The van der Waals surface area contributed by atoms with Gasteiger partial charge in [0, 0.05) is 19.2 Å². The number of halogens is 1. The van der Waals surface area contributed by atoms with Crippen LogP contribution in [0.1, 0.15) is 6.92 Å². The van der Waals surface area contributed by atoms with Crippen LogP contribution in [0, 0.1) is 11.7 Å². The van der Waals surface area contributed by atoms with Gasteiger partial charge in [-0.1, -0.05) is 13.0 Å². The highest BCUT2D eigenvalue weighted by Crippen LogP contribution is 2.11. The highest BCUT2D eigenvalue weighted by Gasteiger charge is 2.05. The van der Waals surface area contributed by atoms with Crippen molar-refractivity contribution in [1.82, 2.24) is 5.32 Å². The number of nitrogens with one attached hydrogen (secondary N) is 1. The first-order valence-electron chi connectivity index (χ1n) is 5.37. The molecule has 1 aromatic carbocycles. The molecule has 0 fully saturated rings. The summed E-state index contributed by atoms with van der Waals surface area (Å²) in [5.74, 6) is -0.380. The number of amides is 1. The summed E-state index contributed by atoms with van der Waals surface area (Å²) in [5, 5.41) is 11.4. The van der Waals surface area contributed by atoms with Crippen molar-refractivity contribution < 1.29 is 19.0 Å². The van der Waals surface area contributed by atoms with Crippen LogP contribution >= 0.6 is 0 Å². The molecule has 0 spiro atoms. The first kappa shape index (κ1) is 13.4. The zero-order valence-electron chi connectivity index (χ0n) is 9.65. The van der Waals surface area contributed by atoms with Crippen LogP contribution in [0.5, 0.6) is 5.75 Å². The summed E-state index contributed by atoms with van der Waals surface area (Å²) >= 11 is 0. The molecule has 0 radical (unpaired) electrons. The fourth-order valence-electron chi connectivity index (χ4n) is 1.11. The lowest BCUT2D eigenvalue weighted by molar-refractivity contribution is -0.123. The van der Waals surface area contributed by atoms with E-state index in [0.717, 1.165) is 0 Å². The molecule has 1 unspecified atom stereocenters. The topological polar surface area (TPSA) is 58.6 Å². The van der Waals surface area contributed by atoms with Crippen molar-refractivity contribution in [3.8, 4) is 5.75 Å². The first-order valence-corrected chi connectivity index (χ1v) is 5.37. The Kier molecular flexibility index (Phi) is 5.42. The van der Waals surface area contributed by atoms with E-state index >= 15 is 0 Å². The molecule has 94 valence electrons. The van der Waals surface area contributed by atoms with Crippen molar-refractivity contribution in [1.29, 1.82) is 0 Å². The van der Waals surface area contributed by atoms with Crippen molar-refractivity contribution in [3.05, 3.63) is 30.1 Å². The van der Waals surface area contributed by atoms with Gasteiger partial charge in [0.15, 0.2) is 6.61 Å². The molecule has 1 aromatic rings. The Morgan fingerprint density at radius 2 is 2.35 bits per heavy atom. The standard InChI is InChI=1S/C12H16FNO3/c1-9(7-15)6-14-12(16)8-17-11-4-2-3-10(13)5-11/h2-5,9,15H,6-8H2,1H3,(H,14,16). The minimum atomic E-state index is -0.406. The molecule has 0 saturated carbocycles. The highest BCUT2D eigenvalue weighted by atomic mass is 19.1. The third-order valence-electron chi connectivity index (χ3n) is 2.13. The zero-order valence-corrected chi connectivity index (χ0v) is 9.65. The van der Waals surface area contributed by atoms with E-state index in [1.54, 1.807) is 6.07 Å². The second-order valence-corrected chi connectivity index (χ2v) is 3.84. The molecule has 0 aromatic heterocycles. The maximum absolute atomic E-state index is 12.8. The number of carbonyl (C=O) groups is 1. The maximum Gasteiger partial charge on any atom is 0.257 e. The second kappa shape index (κ2) is 6.85. The molecule has 1 amide bonds. The Bertz CT molecular complexity index is 371. The number of benzene rings is 1. The maximum atomic E-state index is 12.8. The van der Waals surface area contributed by atoms with Crippen LogP contribution in [0.2, 0.25) is 0 Å². The van der Waals surface area contributed by atoms with Gasteiger partial charge in [0.05, 0.1) is 0 Å². The van der Waals surface area contributed by atoms with Gasteiger partial charge in [-0.3, -0.25) is 4.79 Å². The second-order valence-electron chi connectivity index (χ2n) is 3.84. The van der Waals surface area contributed by atoms with Crippen LogP contribution in [0.25, 0.3) is 0 Å². The molecule has 4 nitrogen and oxygen atoms in total. The lowest BCUT2D eigenvalue weighted by atomic mass is 10.2. The summed E-state index contributed by atoms with van der Waals surface area (Å²) in [4.78, 5) is 11.3. The smallest absolute Gasteiger partial charge is 0.257 e. The van der Waals surface area contributed by atoms with Gasteiger partial charge in [0.2, 0.25) is 0 Å². The van der Waals surface area contributed by atoms with Crippen LogP contribution in [0.4, 0.5) is 4.39 Å². The van der Waals surface area contributed by atoms with E-state index in [4.69, 9.17) is 9.84 Å². The Labute approximate surface area is 99.4 Å². The Hall–Kier alpha value is -1.62. The van der Waals surface area contributed by atoms with Gasteiger partial charge in [-0.25, -0.2) is 4.39 Å². The summed E-state index contributed by atoms with van der Waals surface area (Å²) in [6, 6.07) is 5.60. The molecule has 1 atom stereocenters. The van der Waals surface area contributed by atoms with E-state index in [1.165, 1.54) is 18.2 Å². The number of aliphatic hydroxyl groups excluding tert-OH is 1. The van der Waals surface area contributed by atoms with Crippen molar-refractivity contribution in [3.63, 3.8) is 0 Å². The van der Waals surface area contributed by atoms with Crippen molar-refractivity contribution >= 4 is 5.91 Å². The zero-order chi connectivity index (χ0) is 12.7. The molecule has 0 heterocycles. The molecule has 5 heteroatoms. The van der Waals surface area contributed by atoms with Crippen LogP contribution in [-0.2, 0) is 4.79 Å². The van der Waals surface area contributed by atoms with E-state index < -0.39 is 5.82 Å². The largest absolute Gasteiger partial charge is 0.484 e. The number of aliphatic hydroxyl groups is 1. The number of hydrogen-bond acceptors (Lipinski definition) is 3. The van der Waals surface area contributed by atoms with E-state index in [0.29, 0.717) is 12.3 Å². The van der Waals surface area contributed by atoms with E-state index in [-0.39, 0.29) is 25.0 Å². The van der Waals surface area contributed by atoms with Gasteiger partial charge in [0.1, 0.15) is 11.6 Å². The minimum Gasteiger partial charge on any atom is -0.484 e. The van der Waals surface area contributed by atoms with E-state index in [9.17, 15) is 9.18 Å². The molecule has 0 bridgehead atoms. The fraction of sp³-hybridized carbons (Fsp3) is 0.417. The Morgan fingerprint density at radius 1 is 1.59 bits per heavy atom. The fourth-order valence-corrected chi connectivity index (χ4v) is 1.11. The summed E-state index contributed by atoms with van der Waals surface area (Å²) in [7, 11) is 0. The summed E-state index contributed by atoms with van der Waals surface area (Å²) < 4.78 is 17.9. The molecule has 0 aliphatic carbocycles. The molecular weight excluding hydrogens is 225 g/mol. The minimum absolute atomic E-state index is 0.00752. The molecule has 0 aliphatic heterocycles. The van der Waals surface area contributed by atoms with Crippen molar-refractivity contribution in [2.24, 2.45) is 5.92 Å². The summed E-state index contributed by atoms with van der Waals surface area (Å²) in [6.07, 6.45) is 0. The van der Waals surface area contributed by atoms with Crippen LogP contribution in [-0.4, -0.2) is 30.8 Å².